The molecule has 0 bridgehead atoms. The van der Waals surface area contributed by atoms with Crippen LogP contribution in [0.4, 0.5) is 10.2 Å². The predicted octanol–water partition coefficient (Wildman–Crippen LogP) is -1.17. The first kappa shape index (κ1) is 23.4. The second-order valence-electron chi connectivity index (χ2n) is 6.75. The second-order valence-corrected chi connectivity index (χ2v) is 6.75. The van der Waals surface area contributed by atoms with Gasteiger partial charge in [0.05, 0.1) is 33.5 Å². The summed E-state index contributed by atoms with van der Waals surface area (Å²) in [6.07, 6.45) is -6.42. The van der Waals surface area contributed by atoms with E-state index in [0.717, 1.165) is 0 Å². The number of benzene rings is 1. The number of methoxy groups -OCH3 is 3. The molecular formula is C19H22FN3O9. The average Bonchev–Trinajstić information content (AvgIpc) is 3.07. The average molecular weight is 455 g/mol. The van der Waals surface area contributed by atoms with Crippen molar-refractivity contribution in [3.8, 4) is 17.2 Å². The largest absolute Gasteiger partial charge is 0.493 e. The van der Waals surface area contributed by atoms with Crippen molar-refractivity contribution in [1.29, 1.82) is 0 Å². The molecule has 2 aromatic rings. The molecule has 1 aliphatic rings. The van der Waals surface area contributed by atoms with Gasteiger partial charge in [0, 0.05) is 0 Å². The minimum atomic E-state index is -1.78. The molecule has 2 heterocycles. The van der Waals surface area contributed by atoms with E-state index >= 15 is 4.39 Å². The molecular weight excluding hydrogens is 433 g/mol. The molecule has 1 aromatic heterocycles. The Morgan fingerprint density at radius 3 is 2.38 bits per heavy atom. The van der Waals surface area contributed by atoms with Gasteiger partial charge in [0.1, 0.15) is 24.0 Å². The monoisotopic (exact) mass is 455 g/mol. The van der Waals surface area contributed by atoms with Crippen molar-refractivity contribution in [1.82, 2.24) is 9.55 Å². The van der Waals surface area contributed by atoms with E-state index in [-0.39, 0.29) is 22.8 Å². The summed E-state index contributed by atoms with van der Waals surface area (Å²) in [5.74, 6) is -3.16. The van der Waals surface area contributed by atoms with Crippen molar-refractivity contribution in [2.24, 2.45) is 0 Å². The van der Waals surface area contributed by atoms with Gasteiger partial charge in [-0.1, -0.05) is 0 Å². The Hall–Kier alpha value is -3.26. The maximum absolute atomic E-state index is 15.1. The molecule has 174 valence electrons. The first-order valence-electron chi connectivity index (χ1n) is 9.25. The Bertz CT molecular complexity index is 1090. The lowest BCUT2D eigenvalue weighted by molar-refractivity contribution is -0.0560. The highest BCUT2D eigenvalue weighted by atomic mass is 19.1. The SMILES string of the molecule is COc1ccc(C(=O)c2c(F)c(N)nc(=O)n2C2O[C@H](CO)[C@@H](O)[C@H]2O)c(OC)c1OC. The van der Waals surface area contributed by atoms with Gasteiger partial charge in [-0.15, -0.1) is 0 Å². The highest BCUT2D eigenvalue weighted by Crippen LogP contribution is 2.41. The van der Waals surface area contributed by atoms with Crippen molar-refractivity contribution < 1.29 is 43.5 Å². The van der Waals surface area contributed by atoms with Crippen LogP contribution >= 0.6 is 0 Å². The molecule has 12 nitrogen and oxygen atoms in total. The van der Waals surface area contributed by atoms with Crippen LogP contribution in [-0.4, -0.2) is 76.9 Å². The maximum Gasteiger partial charge on any atom is 0.352 e. The Kier molecular flexibility index (Phi) is 6.64. The number of halogens is 1. The molecule has 1 aliphatic heterocycles. The van der Waals surface area contributed by atoms with Crippen molar-refractivity contribution in [2.75, 3.05) is 33.7 Å². The summed E-state index contributed by atoms with van der Waals surface area (Å²) >= 11 is 0. The van der Waals surface area contributed by atoms with E-state index in [1.165, 1.54) is 33.5 Å². The molecule has 3 rings (SSSR count). The summed E-state index contributed by atoms with van der Waals surface area (Å²) in [5, 5.41) is 29.7. The van der Waals surface area contributed by atoms with Crippen LogP contribution < -0.4 is 25.6 Å². The van der Waals surface area contributed by atoms with Crippen LogP contribution in [0.15, 0.2) is 16.9 Å². The van der Waals surface area contributed by atoms with E-state index in [1.54, 1.807) is 0 Å². The van der Waals surface area contributed by atoms with Crippen molar-refractivity contribution in [2.45, 2.75) is 24.5 Å². The number of nitrogens with two attached hydrogens (primary N) is 1. The normalized spacial score (nSPS) is 22.6. The molecule has 1 saturated heterocycles. The third kappa shape index (κ3) is 3.64. The minimum Gasteiger partial charge on any atom is -0.493 e. The van der Waals surface area contributed by atoms with E-state index in [9.17, 15) is 24.9 Å². The number of carbonyl (C=O) groups excluding carboxylic acids is 1. The zero-order chi connectivity index (χ0) is 23.7. The summed E-state index contributed by atoms with van der Waals surface area (Å²) in [6.45, 7) is -0.707. The molecule has 0 radical (unpaired) electrons. The first-order chi connectivity index (χ1) is 15.2. The van der Waals surface area contributed by atoms with Crippen molar-refractivity contribution in [3.05, 3.63) is 39.7 Å². The molecule has 13 heteroatoms. The number of hydrogen-bond donors (Lipinski definition) is 4. The number of hydrogen-bond acceptors (Lipinski definition) is 11. The van der Waals surface area contributed by atoms with Crippen LogP contribution in [0, 0.1) is 5.82 Å². The molecule has 1 unspecified atom stereocenters. The molecule has 5 N–H and O–H groups in total. The summed E-state index contributed by atoms with van der Waals surface area (Å²) < 4.78 is 36.5. The number of nitrogens with zero attached hydrogens (tertiary/aromatic N) is 2. The lowest BCUT2D eigenvalue weighted by Gasteiger charge is -2.22. The maximum atomic E-state index is 15.1. The smallest absolute Gasteiger partial charge is 0.352 e. The van der Waals surface area contributed by atoms with E-state index in [1.807, 2.05) is 0 Å². The Balaban J connectivity index is 2.26. The fourth-order valence-electron chi connectivity index (χ4n) is 3.47. The number of aliphatic hydroxyl groups is 3. The standard InChI is InChI=1S/C19H22FN3O9/c1-29-8-5-4-7(15(30-2)16(8)31-3)12(25)11-10(20)17(21)22-19(28)23(11)18-14(27)13(26)9(6-24)32-18/h4-5,9,13-14,18,24,26-27H,6H2,1-3H3,(H2,21,22,28)/t9-,13-,14-,18?/m1/s1. The predicted molar refractivity (Wildman–Crippen MR) is 105 cm³/mol. The number of nitrogen functional groups attached to an aromatic ring is 1. The van der Waals surface area contributed by atoms with Gasteiger partial charge in [-0.25, -0.2) is 9.18 Å². The van der Waals surface area contributed by atoms with Gasteiger partial charge in [0.25, 0.3) is 0 Å². The Morgan fingerprint density at radius 1 is 1.19 bits per heavy atom. The number of ether oxygens (including phenoxy) is 4. The van der Waals surface area contributed by atoms with Crippen molar-refractivity contribution in [3.63, 3.8) is 0 Å². The molecule has 4 atom stereocenters. The van der Waals surface area contributed by atoms with Gasteiger partial charge in [0.15, 0.2) is 29.4 Å². The Morgan fingerprint density at radius 2 is 1.84 bits per heavy atom. The fraction of sp³-hybridized carbons (Fsp3) is 0.421. The minimum absolute atomic E-state index is 0.0325. The number of aromatic nitrogens is 2. The number of anilines is 1. The van der Waals surface area contributed by atoms with E-state index < -0.39 is 59.9 Å². The molecule has 0 saturated carbocycles. The van der Waals surface area contributed by atoms with Crippen LogP contribution in [-0.2, 0) is 4.74 Å². The highest BCUT2D eigenvalue weighted by molar-refractivity contribution is 6.11. The quantitative estimate of drug-likeness (QED) is 0.370. The third-order valence-electron chi connectivity index (χ3n) is 5.03. The molecule has 1 fully saturated rings. The Labute approximate surface area is 180 Å². The van der Waals surface area contributed by atoms with E-state index in [4.69, 9.17) is 24.7 Å². The topological polar surface area (TPSA) is 176 Å². The van der Waals surface area contributed by atoms with Crippen LogP contribution in [0.1, 0.15) is 22.3 Å². The van der Waals surface area contributed by atoms with Gasteiger partial charge in [-0.05, 0) is 12.1 Å². The first-order valence-corrected chi connectivity index (χ1v) is 9.25. The molecule has 32 heavy (non-hydrogen) atoms. The fourth-order valence-corrected chi connectivity index (χ4v) is 3.47. The lowest BCUT2D eigenvalue weighted by Crippen LogP contribution is -2.39. The highest BCUT2D eigenvalue weighted by Gasteiger charge is 2.46. The zero-order valence-corrected chi connectivity index (χ0v) is 17.3. The lowest BCUT2D eigenvalue weighted by atomic mass is 10.0. The zero-order valence-electron chi connectivity index (χ0n) is 17.3. The summed E-state index contributed by atoms with van der Waals surface area (Å²) in [4.78, 5) is 29.3. The molecule has 1 aromatic carbocycles. The number of rotatable bonds is 7. The van der Waals surface area contributed by atoms with E-state index in [0.29, 0.717) is 4.57 Å². The number of ketones is 1. The van der Waals surface area contributed by atoms with Crippen molar-refractivity contribution >= 4 is 11.6 Å². The molecule has 0 amide bonds. The van der Waals surface area contributed by atoms with Gasteiger partial charge in [-0.2, -0.15) is 4.98 Å². The third-order valence-corrected chi connectivity index (χ3v) is 5.03. The van der Waals surface area contributed by atoms with Crippen LogP contribution in [0.2, 0.25) is 0 Å². The van der Waals surface area contributed by atoms with Gasteiger partial charge < -0.3 is 40.0 Å². The summed E-state index contributed by atoms with van der Waals surface area (Å²) in [6, 6.07) is 2.62. The van der Waals surface area contributed by atoms with Crippen LogP contribution in [0.3, 0.4) is 0 Å². The van der Waals surface area contributed by atoms with Gasteiger partial charge >= 0.3 is 5.69 Å². The van der Waals surface area contributed by atoms with Crippen LogP contribution in [0.25, 0.3) is 0 Å². The van der Waals surface area contributed by atoms with Gasteiger partial charge in [-0.3, -0.25) is 9.36 Å². The van der Waals surface area contributed by atoms with Crippen LogP contribution in [0.5, 0.6) is 17.2 Å². The van der Waals surface area contributed by atoms with Gasteiger partial charge in [0.2, 0.25) is 11.5 Å². The van der Waals surface area contributed by atoms with E-state index in [2.05, 4.69) is 4.98 Å². The summed E-state index contributed by atoms with van der Waals surface area (Å²) in [7, 11) is 3.90. The summed E-state index contributed by atoms with van der Waals surface area (Å²) in [5.41, 5.74) is 3.12. The number of aliphatic hydroxyl groups excluding tert-OH is 3. The molecule has 0 aliphatic carbocycles. The molecule has 0 spiro atoms. The number of carbonyl (C=O) groups is 1. The second kappa shape index (κ2) is 9.08.